The van der Waals surface area contributed by atoms with Gasteiger partial charge in [0.2, 0.25) is 10.9 Å². The Labute approximate surface area is 190 Å². The zero-order valence-electron chi connectivity index (χ0n) is 19.5. The average molecular weight is 457 g/mol. The molecule has 170 valence electrons. The number of aryl methyl sites for hydroxylation is 3. The summed E-state index contributed by atoms with van der Waals surface area (Å²) in [6.07, 6.45) is 2.23. The number of hydrogen-bond acceptors (Lipinski definition) is 6. The minimum Gasteiger partial charge on any atom is -0.496 e. The Kier molecular flexibility index (Phi) is 7.04. The molecule has 0 bridgehead atoms. The smallest absolute Gasteiger partial charge is 0.434 e. The maximum absolute atomic E-state index is 14.0. The first-order valence-corrected chi connectivity index (χ1v) is 11.9. The van der Waals surface area contributed by atoms with Gasteiger partial charge in [0.1, 0.15) is 22.8 Å². The largest absolute Gasteiger partial charge is 0.496 e. The summed E-state index contributed by atoms with van der Waals surface area (Å²) in [5.74, 6) is 0.650. The molecule has 3 rings (SSSR count). The van der Waals surface area contributed by atoms with Crippen molar-refractivity contribution < 1.29 is 28.4 Å². The molecule has 0 radical (unpaired) electrons. The van der Waals surface area contributed by atoms with Crippen LogP contribution in [0.2, 0.25) is 0 Å². The number of hydrogen-bond donors (Lipinski definition) is 0. The summed E-state index contributed by atoms with van der Waals surface area (Å²) in [5.41, 5.74) is 2.77. The third kappa shape index (κ3) is 4.04. The monoisotopic (exact) mass is 457 g/mol. The van der Waals surface area contributed by atoms with Gasteiger partial charge >= 0.3 is 13.3 Å². The molecule has 7 heteroatoms. The second kappa shape index (κ2) is 9.41. The van der Waals surface area contributed by atoms with E-state index in [9.17, 15) is 14.2 Å². The highest BCUT2D eigenvalue weighted by atomic mass is 31.1. The fourth-order valence-electron chi connectivity index (χ4n) is 4.76. The van der Waals surface area contributed by atoms with Gasteiger partial charge in [0, 0.05) is 25.0 Å². The Hall–Kier alpha value is -2.72. The number of methoxy groups -OCH3 is 3. The quantitative estimate of drug-likeness (QED) is 0.368. The lowest BCUT2D eigenvalue weighted by Gasteiger charge is -2.20. The molecule has 32 heavy (non-hydrogen) atoms. The molecule has 2 aromatic carbocycles. The van der Waals surface area contributed by atoms with Crippen molar-refractivity contribution in [2.75, 3.05) is 21.3 Å². The molecule has 0 aliphatic heterocycles. The molecule has 0 amide bonds. The van der Waals surface area contributed by atoms with Gasteiger partial charge in [-0.3, -0.25) is 4.79 Å². The van der Waals surface area contributed by atoms with Crippen LogP contribution in [0.5, 0.6) is 17.2 Å². The van der Waals surface area contributed by atoms with Gasteiger partial charge in [-0.15, -0.1) is 0 Å². The standard InChI is InChI=1S/C25H30O6P/c1-15-11-16(2)21(17(3)12-15)24(27)32(28)25(9-7-8-10-25)23(26)22-19(30-5)13-18(29-4)14-20(22)31-6/h11-14H,7-10H2,1-6H3/q+1. The summed E-state index contributed by atoms with van der Waals surface area (Å²) in [5, 5.41) is -1.29. The van der Waals surface area contributed by atoms with Gasteiger partial charge in [-0.1, -0.05) is 22.3 Å². The lowest BCUT2D eigenvalue weighted by molar-refractivity contribution is 0.0925. The zero-order valence-corrected chi connectivity index (χ0v) is 20.4. The van der Waals surface area contributed by atoms with E-state index in [4.69, 9.17) is 14.2 Å². The number of rotatable bonds is 8. The second-order valence-electron chi connectivity index (χ2n) is 8.35. The third-order valence-corrected chi connectivity index (χ3v) is 8.28. The topological polar surface area (TPSA) is 78.9 Å². The number of Topliss-reactive ketones (excluding diaryl/α,β-unsaturated/α-hetero) is 1. The van der Waals surface area contributed by atoms with Crippen LogP contribution in [0.4, 0.5) is 0 Å². The van der Waals surface area contributed by atoms with E-state index in [0.717, 1.165) is 29.5 Å². The molecule has 1 saturated carbocycles. The normalized spacial score (nSPS) is 15.2. The highest BCUT2D eigenvalue weighted by Crippen LogP contribution is 2.56. The van der Waals surface area contributed by atoms with Crippen LogP contribution in [0.1, 0.15) is 63.1 Å². The van der Waals surface area contributed by atoms with Gasteiger partial charge in [0.05, 0.1) is 26.9 Å². The number of carbonyl (C=O) groups excluding carboxylic acids is 2. The van der Waals surface area contributed by atoms with Gasteiger partial charge in [0.15, 0.2) is 0 Å². The van der Waals surface area contributed by atoms with E-state index < -0.39 is 18.5 Å². The van der Waals surface area contributed by atoms with E-state index in [2.05, 4.69) is 0 Å². The molecule has 1 fully saturated rings. The Morgan fingerprint density at radius 2 is 1.31 bits per heavy atom. The van der Waals surface area contributed by atoms with Crippen molar-refractivity contribution in [2.45, 2.75) is 51.6 Å². The molecule has 1 aliphatic rings. The minimum absolute atomic E-state index is 0.200. The molecule has 0 N–H and O–H groups in total. The number of ketones is 1. The Balaban J connectivity index is 2.13. The van der Waals surface area contributed by atoms with Gasteiger partial charge in [-0.05, 0) is 44.7 Å². The summed E-state index contributed by atoms with van der Waals surface area (Å²) >= 11 is 0. The molecule has 0 spiro atoms. The van der Waals surface area contributed by atoms with Crippen LogP contribution < -0.4 is 14.2 Å². The Morgan fingerprint density at radius 3 is 1.75 bits per heavy atom. The first-order valence-electron chi connectivity index (χ1n) is 10.6. The van der Waals surface area contributed by atoms with Crippen LogP contribution in [-0.4, -0.2) is 37.8 Å². The fourth-order valence-corrected chi connectivity index (χ4v) is 6.72. The average Bonchev–Trinajstić information content (AvgIpc) is 3.27. The minimum atomic E-state index is -2.54. The van der Waals surface area contributed by atoms with E-state index in [-0.39, 0.29) is 22.8 Å². The van der Waals surface area contributed by atoms with Crippen LogP contribution in [0.25, 0.3) is 0 Å². The van der Waals surface area contributed by atoms with Crippen molar-refractivity contribution in [3.05, 3.63) is 52.1 Å². The van der Waals surface area contributed by atoms with E-state index >= 15 is 0 Å². The van der Waals surface area contributed by atoms with E-state index in [1.165, 1.54) is 21.3 Å². The van der Waals surface area contributed by atoms with Crippen LogP contribution in [0, 0.1) is 20.8 Å². The lowest BCUT2D eigenvalue weighted by atomic mass is 9.93. The molecular weight excluding hydrogens is 427 g/mol. The van der Waals surface area contributed by atoms with Crippen LogP contribution in [0.3, 0.4) is 0 Å². The number of carbonyl (C=O) groups is 2. The van der Waals surface area contributed by atoms with E-state index in [0.29, 0.717) is 24.2 Å². The Morgan fingerprint density at radius 1 is 0.812 bits per heavy atom. The lowest BCUT2D eigenvalue weighted by Crippen LogP contribution is -2.34. The highest BCUT2D eigenvalue weighted by Gasteiger charge is 2.62. The predicted molar refractivity (Wildman–Crippen MR) is 124 cm³/mol. The molecule has 1 aliphatic carbocycles. The third-order valence-electron chi connectivity index (χ3n) is 6.26. The van der Waals surface area contributed by atoms with Gasteiger partial charge < -0.3 is 14.2 Å². The predicted octanol–water partition coefficient (Wildman–Crippen LogP) is 5.80. The van der Waals surface area contributed by atoms with Crippen LogP contribution >= 0.6 is 7.80 Å². The molecule has 0 heterocycles. The maximum atomic E-state index is 14.0. The molecule has 1 unspecified atom stereocenters. The number of ether oxygens (including phenoxy) is 3. The van der Waals surface area contributed by atoms with Crippen molar-refractivity contribution in [1.29, 1.82) is 0 Å². The summed E-state index contributed by atoms with van der Waals surface area (Å²) in [7, 11) is 1.88. The molecular formula is C25H30O6P+. The number of benzene rings is 2. The van der Waals surface area contributed by atoms with Gasteiger partial charge in [0.25, 0.3) is 0 Å². The molecule has 0 saturated heterocycles. The first kappa shape index (κ1) is 23.9. The molecule has 1 atom stereocenters. The van der Waals surface area contributed by atoms with Crippen molar-refractivity contribution in [2.24, 2.45) is 0 Å². The van der Waals surface area contributed by atoms with Gasteiger partial charge in [-0.2, -0.15) is 0 Å². The first-order chi connectivity index (χ1) is 15.2. The maximum Gasteiger partial charge on any atom is 0.434 e. The summed E-state index contributed by atoms with van der Waals surface area (Å²) < 4.78 is 30.1. The Bertz CT molecular complexity index is 1030. The molecule has 2 aromatic rings. The SMILES string of the molecule is COc1cc(OC)c(C(=O)C2([P+](=O)C(=O)c3c(C)cc(C)cc3C)CCCC2)c(OC)c1. The summed E-state index contributed by atoms with van der Waals surface area (Å²) in [4.78, 5) is 27.5. The van der Waals surface area contributed by atoms with Crippen molar-refractivity contribution in [3.63, 3.8) is 0 Å². The van der Waals surface area contributed by atoms with E-state index in [1.807, 2.05) is 32.9 Å². The highest BCUT2D eigenvalue weighted by molar-refractivity contribution is 7.67. The summed E-state index contributed by atoms with van der Waals surface area (Å²) in [6, 6.07) is 7.01. The van der Waals surface area contributed by atoms with Crippen LogP contribution in [-0.2, 0) is 4.57 Å². The summed E-state index contributed by atoms with van der Waals surface area (Å²) in [6.45, 7) is 5.64. The second-order valence-corrected chi connectivity index (χ2v) is 10.2. The van der Waals surface area contributed by atoms with Crippen LogP contribution in [0.15, 0.2) is 24.3 Å². The molecule has 0 aromatic heterocycles. The zero-order chi connectivity index (χ0) is 23.6. The van der Waals surface area contributed by atoms with Crippen molar-refractivity contribution in [1.82, 2.24) is 0 Å². The fraction of sp³-hybridized carbons (Fsp3) is 0.440. The van der Waals surface area contributed by atoms with Gasteiger partial charge in [-0.25, -0.2) is 4.79 Å². The van der Waals surface area contributed by atoms with Crippen molar-refractivity contribution >= 4 is 19.1 Å². The van der Waals surface area contributed by atoms with E-state index in [1.54, 1.807) is 12.1 Å². The molecule has 6 nitrogen and oxygen atoms in total. The van der Waals surface area contributed by atoms with Crippen molar-refractivity contribution in [3.8, 4) is 17.2 Å².